The van der Waals surface area contributed by atoms with Crippen LogP contribution in [0.5, 0.6) is 5.75 Å². The number of rotatable bonds is 7. The lowest BCUT2D eigenvalue weighted by Gasteiger charge is -2.39. The van der Waals surface area contributed by atoms with E-state index in [4.69, 9.17) is 0 Å². The van der Waals surface area contributed by atoms with Crippen molar-refractivity contribution in [1.82, 2.24) is 15.1 Å². The molecule has 1 saturated heterocycles. The molecule has 4 rings (SSSR count). The van der Waals surface area contributed by atoms with Crippen molar-refractivity contribution < 1.29 is 36.2 Å². The van der Waals surface area contributed by atoms with Crippen molar-refractivity contribution in [2.45, 2.75) is 70.8 Å². The number of nitrogens with zero attached hydrogens (tertiary/aromatic N) is 2. The van der Waals surface area contributed by atoms with Gasteiger partial charge in [0.1, 0.15) is 11.6 Å². The standard InChI is InChI=1S/C24H30F3N3O5S/c1-13(23(2,3)32)30-19-9-14(21(31)28-24(4)11-36(33,34)12-24)5-7-16(19)20(29-30)17-10-15(35-22(26)27)6-8-18(17)25/h6,8,10,13-14,22,32H,5,7,9,11-12H2,1-4H3,(H,28,31)/t13?,14-/m1/s1. The van der Waals surface area contributed by atoms with Crippen LogP contribution in [0.25, 0.3) is 11.3 Å². The van der Waals surface area contributed by atoms with Gasteiger partial charge >= 0.3 is 6.61 Å². The van der Waals surface area contributed by atoms with Gasteiger partial charge in [0, 0.05) is 29.2 Å². The molecule has 0 bridgehead atoms. The normalized spacial score (nSPS) is 21.4. The summed E-state index contributed by atoms with van der Waals surface area (Å²) in [5.41, 5.74) is -0.483. The number of carbonyl (C=O) groups excluding carboxylic acids is 1. The highest BCUT2D eigenvalue weighted by atomic mass is 32.2. The molecule has 2 N–H and O–H groups in total. The zero-order chi connectivity index (χ0) is 26.6. The SMILES string of the molecule is CC(n1nc(-c2cc(OC(F)F)ccc2F)c2c1C[C@H](C(=O)NC1(C)CS(=O)(=O)C1)CC2)C(C)(C)O. The monoisotopic (exact) mass is 529 g/mol. The molecule has 2 heterocycles. The summed E-state index contributed by atoms with van der Waals surface area (Å²) in [6.45, 7) is 3.57. The predicted octanol–water partition coefficient (Wildman–Crippen LogP) is 3.03. The first-order valence-electron chi connectivity index (χ1n) is 11.7. The number of hydrogen-bond acceptors (Lipinski definition) is 6. The van der Waals surface area contributed by atoms with Crippen molar-refractivity contribution in [1.29, 1.82) is 0 Å². The fraction of sp³-hybridized carbons (Fsp3) is 0.583. The molecule has 2 aliphatic rings. The Labute approximate surface area is 207 Å². The summed E-state index contributed by atoms with van der Waals surface area (Å²) in [6.07, 6.45) is 1.01. The number of aliphatic hydroxyl groups is 1. The zero-order valence-corrected chi connectivity index (χ0v) is 21.3. The Morgan fingerprint density at radius 2 is 2.00 bits per heavy atom. The van der Waals surface area contributed by atoms with Crippen molar-refractivity contribution in [2.75, 3.05) is 11.5 Å². The minimum absolute atomic E-state index is 0.0128. The molecule has 1 aromatic heterocycles. The number of amides is 1. The summed E-state index contributed by atoms with van der Waals surface area (Å²) in [5.74, 6) is -1.86. The van der Waals surface area contributed by atoms with E-state index in [1.807, 2.05) is 0 Å². The number of nitrogens with one attached hydrogen (secondary N) is 1. The lowest BCUT2D eigenvalue weighted by molar-refractivity contribution is -0.126. The molecule has 8 nitrogen and oxygen atoms in total. The summed E-state index contributed by atoms with van der Waals surface area (Å²) in [5, 5.41) is 18.1. The number of halogens is 3. The van der Waals surface area contributed by atoms with Gasteiger partial charge in [0.25, 0.3) is 0 Å². The van der Waals surface area contributed by atoms with E-state index in [1.54, 1.807) is 32.4 Å². The highest BCUT2D eigenvalue weighted by Crippen LogP contribution is 2.39. The molecule has 1 fully saturated rings. The molecular weight excluding hydrogens is 499 g/mol. The number of ether oxygens (including phenoxy) is 1. The quantitative estimate of drug-likeness (QED) is 0.571. The molecular formula is C24H30F3N3O5S. The molecule has 1 amide bonds. The second-order valence-electron chi connectivity index (χ2n) is 10.6. The lowest BCUT2D eigenvalue weighted by Crippen LogP contribution is -2.64. The summed E-state index contributed by atoms with van der Waals surface area (Å²) in [6, 6.07) is 2.75. The Morgan fingerprint density at radius 3 is 2.58 bits per heavy atom. The third kappa shape index (κ3) is 5.24. The molecule has 1 unspecified atom stereocenters. The smallest absolute Gasteiger partial charge is 0.387 e. The van der Waals surface area contributed by atoms with Gasteiger partial charge in [-0.3, -0.25) is 9.48 Å². The third-order valence-corrected chi connectivity index (χ3v) is 9.14. The van der Waals surface area contributed by atoms with E-state index < -0.39 is 45.4 Å². The maximum atomic E-state index is 14.9. The molecule has 0 spiro atoms. The predicted molar refractivity (Wildman–Crippen MR) is 126 cm³/mol. The molecule has 1 aromatic carbocycles. The van der Waals surface area contributed by atoms with E-state index in [2.05, 4.69) is 15.2 Å². The topological polar surface area (TPSA) is 111 Å². The Kier molecular flexibility index (Phi) is 6.66. The second kappa shape index (κ2) is 9.05. The highest BCUT2D eigenvalue weighted by molar-refractivity contribution is 7.93. The van der Waals surface area contributed by atoms with Crippen molar-refractivity contribution in [3.05, 3.63) is 35.3 Å². The zero-order valence-electron chi connectivity index (χ0n) is 20.5. The van der Waals surface area contributed by atoms with Crippen molar-refractivity contribution >= 4 is 15.7 Å². The Hall–Kier alpha value is -2.60. The lowest BCUT2D eigenvalue weighted by atomic mass is 9.84. The number of aromatic nitrogens is 2. The molecule has 36 heavy (non-hydrogen) atoms. The first-order valence-corrected chi connectivity index (χ1v) is 13.5. The van der Waals surface area contributed by atoms with Gasteiger partial charge in [-0.1, -0.05) is 0 Å². The second-order valence-corrected chi connectivity index (χ2v) is 12.7. The van der Waals surface area contributed by atoms with Crippen LogP contribution >= 0.6 is 0 Å². The van der Waals surface area contributed by atoms with Crippen LogP contribution in [-0.4, -0.2) is 58.5 Å². The molecule has 0 radical (unpaired) electrons. The molecule has 1 aliphatic heterocycles. The van der Waals surface area contributed by atoms with Gasteiger partial charge in [0.2, 0.25) is 5.91 Å². The van der Waals surface area contributed by atoms with E-state index >= 15 is 0 Å². The number of hydrogen-bond donors (Lipinski definition) is 2. The number of alkyl halides is 2. The summed E-state index contributed by atoms with van der Waals surface area (Å²) >= 11 is 0. The van der Waals surface area contributed by atoms with Crippen LogP contribution in [0.3, 0.4) is 0 Å². The minimum Gasteiger partial charge on any atom is -0.435 e. The van der Waals surface area contributed by atoms with Crippen LogP contribution in [0.4, 0.5) is 13.2 Å². The van der Waals surface area contributed by atoms with Gasteiger partial charge in [-0.25, -0.2) is 12.8 Å². The van der Waals surface area contributed by atoms with E-state index in [1.165, 1.54) is 6.07 Å². The van der Waals surface area contributed by atoms with Crippen LogP contribution in [0.2, 0.25) is 0 Å². The fourth-order valence-electron chi connectivity index (χ4n) is 4.96. The first kappa shape index (κ1) is 26.5. The largest absolute Gasteiger partial charge is 0.435 e. The average Bonchev–Trinajstić information content (AvgIpc) is 3.10. The van der Waals surface area contributed by atoms with Gasteiger partial charge in [-0.2, -0.15) is 13.9 Å². The Bertz CT molecular complexity index is 1270. The van der Waals surface area contributed by atoms with Gasteiger partial charge in [0.05, 0.1) is 34.4 Å². The number of carbonyl (C=O) groups is 1. The van der Waals surface area contributed by atoms with Crippen LogP contribution in [0.1, 0.15) is 51.4 Å². The summed E-state index contributed by atoms with van der Waals surface area (Å²) < 4.78 is 69.6. The van der Waals surface area contributed by atoms with E-state index in [0.29, 0.717) is 24.1 Å². The van der Waals surface area contributed by atoms with Gasteiger partial charge in [0.15, 0.2) is 9.84 Å². The van der Waals surface area contributed by atoms with Crippen LogP contribution in [0.15, 0.2) is 18.2 Å². The summed E-state index contributed by atoms with van der Waals surface area (Å²) in [4.78, 5) is 13.1. The highest BCUT2D eigenvalue weighted by Gasteiger charge is 2.47. The van der Waals surface area contributed by atoms with E-state index in [0.717, 1.165) is 12.1 Å². The van der Waals surface area contributed by atoms with Crippen molar-refractivity contribution in [2.24, 2.45) is 5.92 Å². The number of sulfone groups is 1. The fourth-order valence-corrected chi connectivity index (χ4v) is 6.96. The molecule has 198 valence electrons. The Morgan fingerprint density at radius 1 is 1.33 bits per heavy atom. The van der Waals surface area contributed by atoms with Gasteiger partial charge in [-0.05, 0) is 58.7 Å². The average molecular weight is 530 g/mol. The van der Waals surface area contributed by atoms with Gasteiger partial charge < -0.3 is 15.2 Å². The van der Waals surface area contributed by atoms with Crippen LogP contribution in [-0.2, 0) is 27.5 Å². The van der Waals surface area contributed by atoms with Crippen molar-refractivity contribution in [3.63, 3.8) is 0 Å². The van der Waals surface area contributed by atoms with Crippen molar-refractivity contribution in [3.8, 4) is 17.0 Å². The molecule has 2 atom stereocenters. The molecule has 0 saturated carbocycles. The third-order valence-electron chi connectivity index (χ3n) is 6.98. The first-order chi connectivity index (χ1) is 16.6. The number of fused-ring (bicyclic) bond motifs is 1. The number of benzene rings is 1. The molecule has 1 aliphatic carbocycles. The minimum atomic E-state index is -3.14. The molecule has 2 aromatic rings. The molecule has 12 heteroatoms. The summed E-state index contributed by atoms with van der Waals surface area (Å²) in [7, 11) is -3.14. The van der Waals surface area contributed by atoms with E-state index in [-0.39, 0.29) is 40.8 Å². The maximum Gasteiger partial charge on any atom is 0.387 e. The van der Waals surface area contributed by atoms with Crippen LogP contribution in [0, 0.1) is 11.7 Å². The van der Waals surface area contributed by atoms with Crippen LogP contribution < -0.4 is 10.1 Å². The maximum absolute atomic E-state index is 14.9. The Balaban J connectivity index is 1.70. The van der Waals surface area contributed by atoms with E-state index in [9.17, 15) is 31.5 Å². The van der Waals surface area contributed by atoms with Gasteiger partial charge in [-0.15, -0.1) is 0 Å².